The van der Waals surface area contributed by atoms with Crippen molar-refractivity contribution < 1.29 is 4.42 Å². The SMILES string of the molecule is O=c1c(-c2ccn[nH]2)coc2ccc(Cl)cc12. The first kappa shape index (κ1) is 10.1. The summed E-state index contributed by atoms with van der Waals surface area (Å²) in [7, 11) is 0. The third-order valence-corrected chi connectivity index (χ3v) is 2.76. The van der Waals surface area contributed by atoms with Gasteiger partial charge < -0.3 is 4.42 Å². The van der Waals surface area contributed by atoms with E-state index in [0.29, 0.717) is 27.2 Å². The molecule has 0 aliphatic carbocycles. The maximum absolute atomic E-state index is 12.2. The first-order valence-corrected chi connectivity index (χ1v) is 5.34. The molecule has 17 heavy (non-hydrogen) atoms. The van der Waals surface area contributed by atoms with Crippen LogP contribution >= 0.6 is 11.6 Å². The van der Waals surface area contributed by atoms with E-state index < -0.39 is 0 Å². The molecular formula is C12H7ClN2O2. The van der Waals surface area contributed by atoms with Gasteiger partial charge in [0.1, 0.15) is 11.8 Å². The summed E-state index contributed by atoms with van der Waals surface area (Å²) in [5.74, 6) is 0. The maximum atomic E-state index is 12.2. The molecular weight excluding hydrogens is 240 g/mol. The summed E-state index contributed by atoms with van der Waals surface area (Å²) < 4.78 is 5.40. The van der Waals surface area contributed by atoms with Crippen LogP contribution in [0.4, 0.5) is 0 Å². The molecule has 0 saturated carbocycles. The van der Waals surface area contributed by atoms with Crippen LogP contribution in [0.1, 0.15) is 0 Å². The van der Waals surface area contributed by atoms with Crippen molar-refractivity contribution in [3.8, 4) is 11.3 Å². The van der Waals surface area contributed by atoms with Crippen molar-refractivity contribution in [2.45, 2.75) is 0 Å². The number of H-pyrrole nitrogens is 1. The highest BCUT2D eigenvalue weighted by Gasteiger charge is 2.10. The average molecular weight is 247 g/mol. The van der Waals surface area contributed by atoms with E-state index in [2.05, 4.69) is 10.2 Å². The van der Waals surface area contributed by atoms with Crippen molar-refractivity contribution in [2.75, 3.05) is 0 Å². The van der Waals surface area contributed by atoms with Gasteiger partial charge >= 0.3 is 0 Å². The third kappa shape index (κ3) is 1.62. The molecule has 0 saturated heterocycles. The van der Waals surface area contributed by atoms with Crippen LogP contribution in [0, 0.1) is 0 Å². The fourth-order valence-corrected chi connectivity index (χ4v) is 1.87. The number of nitrogens with one attached hydrogen (secondary N) is 1. The zero-order valence-electron chi connectivity index (χ0n) is 8.61. The van der Waals surface area contributed by atoms with Gasteiger partial charge in [-0.1, -0.05) is 11.6 Å². The second kappa shape index (κ2) is 3.75. The molecule has 1 aromatic carbocycles. The quantitative estimate of drug-likeness (QED) is 0.718. The molecule has 0 bridgehead atoms. The Labute approximate surface area is 101 Å². The molecule has 84 valence electrons. The third-order valence-electron chi connectivity index (χ3n) is 2.53. The average Bonchev–Trinajstić information content (AvgIpc) is 2.84. The topological polar surface area (TPSA) is 58.9 Å². The standard InChI is InChI=1S/C12H7ClN2O2/c13-7-1-2-11-8(5-7)12(16)9(6-17-11)10-3-4-14-15-10/h1-6H,(H,14,15). The minimum atomic E-state index is -0.127. The molecule has 3 rings (SSSR count). The van der Waals surface area contributed by atoms with Crippen LogP contribution in [-0.2, 0) is 0 Å². The predicted molar refractivity (Wildman–Crippen MR) is 65.1 cm³/mol. The lowest BCUT2D eigenvalue weighted by Crippen LogP contribution is -2.04. The zero-order valence-corrected chi connectivity index (χ0v) is 9.36. The van der Waals surface area contributed by atoms with Crippen molar-refractivity contribution in [2.24, 2.45) is 0 Å². The fourth-order valence-electron chi connectivity index (χ4n) is 1.70. The molecule has 2 aromatic heterocycles. The van der Waals surface area contributed by atoms with Crippen LogP contribution in [0.5, 0.6) is 0 Å². The second-order valence-electron chi connectivity index (χ2n) is 3.59. The Morgan fingerprint density at radius 1 is 1.29 bits per heavy atom. The molecule has 0 aliphatic rings. The van der Waals surface area contributed by atoms with E-state index in [-0.39, 0.29) is 5.43 Å². The van der Waals surface area contributed by atoms with E-state index in [1.165, 1.54) is 6.26 Å². The van der Waals surface area contributed by atoms with Gasteiger partial charge in [-0.05, 0) is 24.3 Å². The van der Waals surface area contributed by atoms with Crippen molar-refractivity contribution in [3.05, 3.63) is 52.0 Å². The lowest BCUT2D eigenvalue weighted by Gasteiger charge is -2.00. The summed E-state index contributed by atoms with van der Waals surface area (Å²) >= 11 is 5.87. The summed E-state index contributed by atoms with van der Waals surface area (Å²) in [6.45, 7) is 0. The molecule has 0 amide bonds. The minimum absolute atomic E-state index is 0.127. The Bertz CT molecular complexity index is 732. The Kier molecular flexibility index (Phi) is 2.23. The number of aromatic nitrogens is 2. The van der Waals surface area contributed by atoms with E-state index >= 15 is 0 Å². The summed E-state index contributed by atoms with van der Waals surface area (Å²) in [4.78, 5) is 12.2. The van der Waals surface area contributed by atoms with Crippen LogP contribution < -0.4 is 5.43 Å². The molecule has 0 atom stereocenters. The lowest BCUT2D eigenvalue weighted by molar-refractivity contribution is 0.604. The normalized spacial score (nSPS) is 10.9. The monoisotopic (exact) mass is 246 g/mol. The minimum Gasteiger partial charge on any atom is -0.463 e. The van der Waals surface area contributed by atoms with E-state index in [1.54, 1.807) is 30.5 Å². The number of rotatable bonds is 1. The molecule has 4 nitrogen and oxygen atoms in total. The molecule has 0 fully saturated rings. The van der Waals surface area contributed by atoms with Gasteiger partial charge in [0, 0.05) is 11.2 Å². The van der Waals surface area contributed by atoms with Crippen LogP contribution in [0.25, 0.3) is 22.2 Å². The fraction of sp³-hybridized carbons (Fsp3) is 0. The van der Waals surface area contributed by atoms with Gasteiger partial charge in [0.15, 0.2) is 0 Å². The maximum Gasteiger partial charge on any atom is 0.202 e. The number of nitrogens with zero attached hydrogens (tertiary/aromatic N) is 1. The van der Waals surface area contributed by atoms with Gasteiger partial charge in [-0.25, -0.2) is 0 Å². The zero-order chi connectivity index (χ0) is 11.8. The van der Waals surface area contributed by atoms with E-state index in [4.69, 9.17) is 16.0 Å². The lowest BCUT2D eigenvalue weighted by atomic mass is 10.1. The number of hydrogen-bond acceptors (Lipinski definition) is 3. The largest absolute Gasteiger partial charge is 0.463 e. The molecule has 0 radical (unpaired) electrons. The molecule has 3 aromatic rings. The summed E-state index contributed by atoms with van der Waals surface area (Å²) in [6.07, 6.45) is 3.00. The Morgan fingerprint density at radius 3 is 2.94 bits per heavy atom. The van der Waals surface area contributed by atoms with E-state index in [9.17, 15) is 4.79 Å². The van der Waals surface area contributed by atoms with Crippen LogP contribution in [0.15, 0.2) is 45.9 Å². The summed E-state index contributed by atoms with van der Waals surface area (Å²) in [6, 6.07) is 6.67. The van der Waals surface area contributed by atoms with E-state index in [0.717, 1.165) is 0 Å². The van der Waals surface area contributed by atoms with Crippen molar-refractivity contribution in [1.82, 2.24) is 10.2 Å². The first-order chi connectivity index (χ1) is 8.25. The highest BCUT2D eigenvalue weighted by atomic mass is 35.5. The Balaban J connectivity index is 2.36. The number of halogens is 1. The van der Waals surface area contributed by atoms with Crippen molar-refractivity contribution in [1.29, 1.82) is 0 Å². The van der Waals surface area contributed by atoms with Crippen molar-refractivity contribution in [3.63, 3.8) is 0 Å². The first-order valence-electron chi connectivity index (χ1n) is 4.96. The number of fused-ring (bicyclic) bond motifs is 1. The highest BCUT2D eigenvalue weighted by molar-refractivity contribution is 6.31. The predicted octanol–water partition coefficient (Wildman–Crippen LogP) is 2.84. The van der Waals surface area contributed by atoms with Crippen molar-refractivity contribution >= 4 is 22.6 Å². The number of benzene rings is 1. The van der Waals surface area contributed by atoms with Crippen LogP contribution in [0.2, 0.25) is 5.02 Å². The van der Waals surface area contributed by atoms with Gasteiger partial charge in [-0.15, -0.1) is 0 Å². The highest BCUT2D eigenvalue weighted by Crippen LogP contribution is 2.20. The second-order valence-corrected chi connectivity index (χ2v) is 4.03. The van der Waals surface area contributed by atoms with Crippen LogP contribution in [0.3, 0.4) is 0 Å². The van der Waals surface area contributed by atoms with E-state index in [1.807, 2.05) is 0 Å². The summed E-state index contributed by atoms with van der Waals surface area (Å²) in [5.41, 5.74) is 1.46. The molecule has 0 spiro atoms. The van der Waals surface area contributed by atoms with Gasteiger partial charge in [-0.2, -0.15) is 5.10 Å². The Morgan fingerprint density at radius 2 is 2.18 bits per heavy atom. The molecule has 2 heterocycles. The smallest absolute Gasteiger partial charge is 0.202 e. The van der Waals surface area contributed by atoms with Gasteiger partial charge in [0.2, 0.25) is 5.43 Å². The van der Waals surface area contributed by atoms with Crippen LogP contribution in [-0.4, -0.2) is 10.2 Å². The Hall–Kier alpha value is -2.07. The molecule has 0 aliphatic heterocycles. The number of hydrogen-bond donors (Lipinski definition) is 1. The van der Waals surface area contributed by atoms with Gasteiger partial charge in [0.25, 0.3) is 0 Å². The van der Waals surface area contributed by atoms with Gasteiger partial charge in [0.05, 0.1) is 16.6 Å². The molecule has 5 heteroatoms. The molecule has 1 N–H and O–H groups in total. The van der Waals surface area contributed by atoms with Gasteiger partial charge in [-0.3, -0.25) is 9.89 Å². The number of aromatic amines is 1. The summed E-state index contributed by atoms with van der Waals surface area (Å²) in [5, 5.41) is 7.50. The molecule has 0 unspecified atom stereocenters.